The minimum Gasteiger partial charge on any atom is -0.481 e. The summed E-state index contributed by atoms with van der Waals surface area (Å²) >= 11 is 0. The molecule has 0 bridgehead atoms. The normalized spacial score (nSPS) is 16.4. The molecule has 0 atom stereocenters. The first kappa shape index (κ1) is 13.9. The highest BCUT2D eigenvalue weighted by Crippen LogP contribution is 2.29. The Hall–Kier alpha value is -1.51. The van der Waals surface area contributed by atoms with Gasteiger partial charge in [-0.3, -0.25) is 4.79 Å². The van der Waals surface area contributed by atoms with Crippen molar-refractivity contribution in [2.75, 3.05) is 18.0 Å². The van der Waals surface area contributed by atoms with Crippen LogP contribution in [0.15, 0.2) is 24.3 Å². The summed E-state index contributed by atoms with van der Waals surface area (Å²) < 4.78 is 0. The number of rotatable bonds is 4. The van der Waals surface area contributed by atoms with Crippen LogP contribution in [0.25, 0.3) is 0 Å². The second-order valence-electron chi connectivity index (χ2n) is 6.05. The molecule has 0 radical (unpaired) electrons. The van der Waals surface area contributed by atoms with E-state index >= 15 is 0 Å². The van der Waals surface area contributed by atoms with Gasteiger partial charge < -0.3 is 10.0 Å². The Morgan fingerprint density at radius 3 is 2.26 bits per heavy atom. The van der Waals surface area contributed by atoms with E-state index in [1.807, 2.05) is 13.8 Å². The topological polar surface area (TPSA) is 40.5 Å². The van der Waals surface area contributed by atoms with Gasteiger partial charge in [-0.2, -0.15) is 0 Å². The van der Waals surface area contributed by atoms with E-state index in [9.17, 15) is 4.79 Å². The Labute approximate surface area is 115 Å². The van der Waals surface area contributed by atoms with E-state index in [-0.39, 0.29) is 11.8 Å². The van der Waals surface area contributed by atoms with E-state index in [1.54, 1.807) is 0 Å². The van der Waals surface area contributed by atoms with Crippen molar-refractivity contribution < 1.29 is 9.90 Å². The van der Waals surface area contributed by atoms with Gasteiger partial charge in [-0.05, 0) is 37.0 Å². The highest BCUT2D eigenvalue weighted by Gasteiger charge is 2.24. The second kappa shape index (κ2) is 5.64. The second-order valence-corrected chi connectivity index (χ2v) is 6.05. The number of benzene rings is 1. The summed E-state index contributed by atoms with van der Waals surface area (Å²) in [7, 11) is 0. The quantitative estimate of drug-likeness (QED) is 0.902. The van der Waals surface area contributed by atoms with Gasteiger partial charge in [0.1, 0.15) is 0 Å². The Bertz CT molecular complexity index is 431. The number of anilines is 1. The van der Waals surface area contributed by atoms with Crippen LogP contribution in [0.5, 0.6) is 0 Å². The van der Waals surface area contributed by atoms with Crippen LogP contribution in [-0.2, 0) is 10.2 Å². The molecule has 1 aliphatic rings. The van der Waals surface area contributed by atoms with E-state index in [2.05, 4.69) is 29.2 Å². The molecule has 1 heterocycles. The summed E-state index contributed by atoms with van der Waals surface area (Å²) in [6.45, 7) is 6.24. The van der Waals surface area contributed by atoms with Crippen molar-refractivity contribution in [3.8, 4) is 0 Å². The first-order valence-corrected chi connectivity index (χ1v) is 7.06. The lowest BCUT2D eigenvalue weighted by Gasteiger charge is -2.30. The van der Waals surface area contributed by atoms with E-state index in [0.717, 1.165) is 18.7 Å². The summed E-state index contributed by atoms with van der Waals surface area (Å²) in [5.41, 5.74) is 2.04. The SMILES string of the molecule is CC(C)(CC(=O)O)c1ccc(N2CCCCC2)cc1. The third-order valence-corrected chi connectivity index (χ3v) is 3.96. The number of carbonyl (C=O) groups is 1. The highest BCUT2D eigenvalue weighted by atomic mass is 16.4. The van der Waals surface area contributed by atoms with Crippen LogP contribution in [0.1, 0.15) is 45.1 Å². The lowest BCUT2D eigenvalue weighted by atomic mass is 9.81. The average Bonchev–Trinajstić information content (AvgIpc) is 2.38. The van der Waals surface area contributed by atoms with Crippen LogP contribution >= 0.6 is 0 Å². The Kier molecular flexibility index (Phi) is 4.13. The first-order chi connectivity index (χ1) is 8.99. The van der Waals surface area contributed by atoms with Gasteiger partial charge in [-0.15, -0.1) is 0 Å². The van der Waals surface area contributed by atoms with Crippen molar-refractivity contribution in [1.82, 2.24) is 0 Å². The molecule has 0 aromatic heterocycles. The molecule has 1 aromatic carbocycles. The minimum atomic E-state index is -0.745. The van der Waals surface area contributed by atoms with Gasteiger partial charge in [-0.25, -0.2) is 0 Å². The Morgan fingerprint density at radius 2 is 1.74 bits per heavy atom. The predicted molar refractivity (Wildman–Crippen MR) is 77.8 cm³/mol. The summed E-state index contributed by atoms with van der Waals surface area (Å²) in [5, 5.41) is 8.96. The highest BCUT2D eigenvalue weighted by molar-refractivity contribution is 5.69. The molecule has 0 saturated carbocycles. The molecular weight excluding hydrogens is 238 g/mol. The van der Waals surface area contributed by atoms with E-state index in [1.165, 1.54) is 24.9 Å². The summed E-state index contributed by atoms with van der Waals surface area (Å²) in [6.07, 6.45) is 4.04. The van der Waals surface area contributed by atoms with Crippen molar-refractivity contribution in [2.45, 2.75) is 44.9 Å². The molecule has 0 aliphatic carbocycles. The largest absolute Gasteiger partial charge is 0.481 e. The Balaban J connectivity index is 2.11. The van der Waals surface area contributed by atoms with Gasteiger partial charge in [0.25, 0.3) is 0 Å². The molecule has 1 saturated heterocycles. The zero-order chi connectivity index (χ0) is 13.9. The summed E-state index contributed by atoms with van der Waals surface area (Å²) in [5.74, 6) is -0.745. The molecule has 3 nitrogen and oxygen atoms in total. The fourth-order valence-corrected chi connectivity index (χ4v) is 2.76. The first-order valence-electron chi connectivity index (χ1n) is 7.06. The molecule has 0 amide bonds. The van der Waals surface area contributed by atoms with Crippen LogP contribution < -0.4 is 4.90 Å². The molecule has 0 spiro atoms. The predicted octanol–water partition coefficient (Wildman–Crippen LogP) is 3.43. The van der Waals surface area contributed by atoms with Gasteiger partial charge >= 0.3 is 5.97 Å². The van der Waals surface area contributed by atoms with Crippen molar-refractivity contribution in [1.29, 1.82) is 0 Å². The zero-order valence-corrected chi connectivity index (χ0v) is 11.9. The number of nitrogens with zero attached hydrogens (tertiary/aromatic N) is 1. The van der Waals surface area contributed by atoms with Gasteiger partial charge in [0.15, 0.2) is 0 Å². The van der Waals surface area contributed by atoms with Crippen LogP contribution in [0, 0.1) is 0 Å². The van der Waals surface area contributed by atoms with Crippen LogP contribution in [0.3, 0.4) is 0 Å². The lowest BCUT2D eigenvalue weighted by Crippen LogP contribution is -2.29. The smallest absolute Gasteiger partial charge is 0.304 e. The van der Waals surface area contributed by atoms with E-state index < -0.39 is 5.97 Å². The molecule has 0 unspecified atom stereocenters. The molecule has 1 N–H and O–H groups in total. The van der Waals surface area contributed by atoms with Crippen molar-refractivity contribution in [3.05, 3.63) is 29.8 Å². The van der Waals surface area contributed by atoms with E-state index in [4.69, 9.17) is 5.11 Å². The number of hydrogen-bond acceptors (Lipinski definition) is 2. The monoisotopic (exact) mass is 261 g/mol. The van der Waals surface area contributed by atoms with Crippen LogP contribution in [0.2, 0.25) is 0 Å². The maximum atomic E-state index is 10.9. The fraction of sp³-hybridized carbons (Fsp3) is 0.562. The number of aliphatic carboxylic acids is 1. The molecular formula is C16H23NO2. The minimum absolute atomic E-state index is 0.163. The third-order valence-electron chi connectivity index (χ3n) is 3.96. The number of carboxylic acid groups (broad SMARTS) is 1. The number of piperidine rings is 1. The van der Waals surface area contributed by atoms with Crippen LogP contribution in [-0.4, -0.2) is 24.2 Å². The van der Waals surface area contributed by atoms with Crippen molar-refractivity contribution in [2.24, 2.45) is 0 Å². The zero-order valence-electron chi connectivity index (χ0n) is 11.9. The maximum absolute atomic E-state index is 10.9. The molecule has 3 heteroatoms. The maximum Gasteiger partial charge on any atom is 0.304 e. The van der Waals surface area contributed by atoms with E-state index in [0.29, 0.717) is 0 Å². The van der Waals surface area contributed by atoms with Gasteiger partial charge in [0.05, 0.1) is 6.42 Å². The summed E-state index contributed by atoms with van der Waals surface area (Å²) in [4.78, 5) is 13.3. The lowest BCUT2D eigenvalue weighted by molar-refractivity contribution is -0.138. The molecule has 104 valence electrons. The molecule has 1 fully saturated rings. The standard InChI is InChI=1S/C16H23NO2/c1-16(2,12-15(18)19)13-6-8-14(9-7-13)17-10-4-3-5-11-17/h6-9H,3-5,10-12H2,1-2H3,(H,18,19). The van der Waals surface area contributed by atoms with Gasteiger partial charge in [-0.1, -0.05) is 26.0 Å². The third kappa shape index (κ3) is 3.49. The summed E-state index contributed by atoms with van der Waals surface area (Å²) in [6, 6.07) is 8.41. The molecule has 1 aliphatic heterocycles. The molecule has 19 heavy (non-hydrogen) atoms. The van der Waals surface area contributed by atoms with Gasteiger partial charge in [0.2, 0.25) is 0 Å². The van der Waals surface area contributed by atoms with Crippen molar-refractivity contribution in [3.63, 3.8) is 0 Å². The number of carboxylic acids is 1. The van der Waals surface area contributed by atoms with Crippen molar-refractivity contribution >= 4 is 11.7 Å². The molecule has 1 aromatic rings. The number of hydrogen-bond donors (Lipinski definition) is 1. The fourth-order valence-electron chi connectivity index (χ4n) is 2.76. The van der Waals surface area contributed by atoms with Crippen LogP contribution in [0.4, 0.5) is 5.69 Å². The van der Waals surface area contributed by atoms with Gasteiger partial charge in [0, 0.05) is 24.2 Å². The Morgan fingerprint density at radius 1 is 1.16 bits per heavy atom. The molecule has 2 rings (SSSR count). The average molecular weight is 261 g/mol.